The topological polar surface area (TPSA) is 64.5 Å². The number of rotatable bonds is 4. The summed E-state index contributed by atoms with van der Waals surface area (Å²) in [5, 5.41) is 10.8. The second-order valence-electron chi connectivity index (χ2n) is 8.02. The van der Waals surface area contributed by atoms with E-state index in [1.165, 1.54) is 23.4 Å². The molecule has 0 saturated carbocycles. The molecule has 2 aromatic heterocycles. The van der Waals surface area contributed by atoms with Crippen LogP contribution in [0.3, 0.4) is 0 Å². The molecule has 1 aliphatic rings. The molecule has 156 valence electrons. The van der Waals surface area contributed by atoms with Gasteiger partial charge in [0.05, 0.1) is 11.3 Å². The third kappa shape index (κ3) is 3.77. The van der Waals surface area contributed by atoms with E-state index in [1.807, 2.05) is 24.5 Å². The third-order valence-corrected chi connectivity index (χ3v) is 6.01. The molecule has 0 radical (unpaired) electrons. The first-order valence-corrected chi connectivity index (χ1v) is 10.4. The van der Waals surface area contributed by atoms with Crippen LogP contribution in [0.4, 0.5) is 15.8 Å². The number of halogens is 1. The monoisotopic (exact) mass is 414 g/mol. The van der Waals surface area contributed by atoms with Crippen LogP contribution in [0, 0.1) is 12.7 Å². The van der Waals surface area contributed by atoms with Gasteiger partial charge < -0.3 is 15.0 Å². The van der Waals surface area contributed by atoms with Crippen molar-refractivity contribution in [3.8, 4) is 5.88 Å². The zero-order valence-electron chi connectivity index (χ0n) is 17.2. The molecule has 1 saturated heterocycles. The normalized spacial score (nSPS) is 16.6. The van der Waals surface area contributed by atoms with E-state index in [0.29, 0.717) is 22.4 Å². The minimum Gasteiger partial charge on any atom is -0.494 e. The number of H-pyrrole nitrogens is 1. The van der Waals surface area contributed by atoms with Crippen molar-refractivity contribution in [3.63, 3.8) is 0 Å². The van der Waals surface area contributed by atoms with E-state index in [1.54, 1.807) is 12.3 Å². The van der Waals surface area contributed by atoms with Crippen molar-refractivity contribution in [2.75, 3.05) is 18.0 Å². The number of benzene rings is 2. The van der Waals surface area contributed by atoms with Gasteiger partial charge in [0, 0.05) is 54.2 Å². The van der Waals surface area contributed by atoms with Crippen LogP contribution in [0.25, 0.3) is 10.9 Å². The van der Waals surface area contributed by atoms with Crippen molar-refractivity contribution < 1.29 is 9.50 Å². The highest BCUT2D eigenvalue weighted by atomic mass is 19.1. The second-order valence-corrected chi connectivity index (χ2v) is 8.02. The van der Waals surface area contributed by atoms with Crippen LogP contribution in [0.1, 0.15) is 29.0 Å². The van der Waals surface area contributed by atoms with Crippen molar-refractivity contribution in [1.29, 1.82) is 0 Å². The molecule has 4 aromatic rings. The van der Waals surface area contributed by atoms with E-state index in [4.69, 9.17) is 0 Å². The number of aryl methyl sites for hydroxylation is 1. The van der Waals surface area contributed by atoms with Gasteiger partial charge in [0.25, 0.3) is 0 Å². The number of fused-ring (bicyclic) bond motifs is 1. The van der Waals surface area contributed by atoms with Crippen LogP contribution >= 0.6 is 0 Å². The fraction of sp³-hybridized carbons (Fsp3) is 0.200. The van der Waals surface area contributed by atoms with E-state index in [9.17, 15) is 9.50 Å². The Hall–Kier alpha value is -3.67. The lowest BCUT2D eigenvalue weighted by molar-refractivity contribution is 0.457. The number of aromatic amines is 1. The first-order valence-electron chi connectivity index (χ1n) is 10.4. The molecule has 6 heteroatoms. The SMILES string of the molecule is Cc1cc(N=Cc2c(O)[nH]c3ccc(F)cc23)ccc1N1CCC(c2ccncc2)C1. The number of aliphatic imine (C=N–C) groups is 1. The Morgan fingerprint density at radius 3 is 2.81 bits per heavy atom. The quantitative estimate of drug-likeness (QED) is 0.436. The summed E-state index contributed by atoms with van der Waals surface area (Å²) >= 11 is 0. The molecule has 5 nitrogen and oxygen atoms in total. The van der Waals surface area contributed by atoms with E-state index in [2.05, 4.69) is 45.0 Å². The van der Waals surface area contributed by atoms with Crippen LogP contribution in [0.5, 0.6) is 5.88 Å². The largest absolute Gasteiger partial charge is 0.494 e. The van der Waals surface area contributed by atoms with Gasteiger partial charge in [0.1, 0.15) is 5.82 Å². The molecule has 0 amide bonds. The Morgan fingerprint density at radius 2 is 2.00 bits per heavy atom. The molecule has 1 atom stereocenters. The molecule has 0 bridgehead atoms. The Bertz CT molecular complexity index is 1270. The summed E-state index contributed by atoms with van der Waals surface area (Å²) in [4.78, 5) is 13.9. The number of nitrogens with one attached hydrogen (secondary N) is 1. The third-order valence-electron chi connectivity index (χ3n) is 6.01. The minimum atomic E-state index is -0.350. The summed E-state index contributed by atoms with van der Waals surface area (Å²) < 4.78 is 13.6. The van der Waals surface area contributed by atoms with Crippen LogP contribution in [0.15, 0.2) is 65.9 Å². The average molecular weight is 414 g/mol. The average Bonchev–Trinajstić information content (AvgIpc) is 3.37. The molecule has 31 heavy (non-hydrogen) atoms. The highest BCUT2D eigenvalue weighted by Gasteiger charge is 2.24. The highest BCUT2D eigenvalue weighted by Crippen LogP contribution is 2.34. The summed E-state index contributed by atoms with van der Waals surface area (Å²) in [5.41, 5.74) is 5.65. The fourth-order valence-corrected chi connectivity index (χ4v) is 4.40. The summed E-state index contributed by atoms with van der Waals surface area (Å²) in [5.74, 6) is 0.152. The molecular weight excluding hydrogens is 391 g/mol. The zero-order valence-corrected chi connectivity index (χ0v) is 17.2. The lowest BCUT2D eigenvalue weighted by Crippen LogP contribution is -2.20. The van der Waals surface area contributed by atoms with Crippen LogP contribution in [0.2, 0.25) is 0 Å². The molecule has 0 aliphatic carbocycles. The molecule has 2 aromatic carbocycles. The van der Waals surface area contributed by atoms with E-state index < -0.39 is 0 Å². The van der Waals surface area contributed by atoms with E-state index in [0.717, 1.165) is 30.8 Å². The maximum Gasteiger partial charge on any atom is 0.198 e. The maximum atomic E-state index is 13.6. The standard InChI is InChI=1S/C25H23FN4O/c1-16-12-20(28-14-22-21-13-19(26)2-4-23(21)29-25(22)31)3-5-24(16)30-11-8-18(15-30)17-6-9-27-10-7-17/h2-7,9-10,12-14,18,29,31H,8,11,15H2,1H3. The molecule has 0 spiro atoms. The predicted octanol–water partition coefficient (Wildman–Crippen LogP) is 5.46. The number of hydrogen-bond acceptors (Lipinski definition) is 4. The number of aromatic nitrogens is 2. The van der Waals surface area contributed by atoms with Gasteiger partial charge in [-0.3, -0.25) is 9.98 Å². The van der Waals surface area contributed by atoms with Crippen LogP contribution < -0.4 is 4.90 Å². The van der Waals surface area contributed by atoms with Gasteiger partial charge in [0.15, 0.2) is 5.88 Å². The Labute approximate surface area is 179 Å². The van der Waals surface area contributed by atoms with Gasteiger partial charge >= 0.3 is 0 Å². The molecular formula is C25H23FN4O. The summed E-state index contributed by atoms with van der Waals surface area (Å²) in [6.45, 7) is 4.10. The molecule has 1 unspecified atom stereocenters. The van der Waals surface area contributed by atoms with Gasteiger partial charge in [0.2, 0.25) is 0 Å². The summed E-state index contributed by atoms with van der Waals surface area (Å²) in [7, 11) is 0. The Morgan fingerprint density at radius 1 is 1.16 bits per heavy atom. The summed E-state index contributed by atoms with van der Waals surface area (Å²) in [6.07, 6.45) is 6.42. The predicted molar refractivity (Wildman–Crippen MR) is 122 cm³/mol. The van der Waals surface area contributed by atoms with Crippen molar-refractivity contribution in [1.82, 2.24) is 9.97 Å². The Balaban J connectivity index is 1.36. The number of aromatic hydroxyl groups is 1. The van der Waals surface area contributed by atoms with Gasteiger partial charge in [-0.15, -0.1) is 0 Å². The van der Waals surface area contributed by atoms with E-state index >= 15 is 0 Å². The molecule has 1 aliphatic heterocycles. The fourth-order valence-electron chi connectivity index (χ4n) is 4.40. The van der Waals surface area contributed by atoms with Gasteiger partial charge in [-0.25, -0.2) is 4.39 Å². The lowest BCUT2D eigenvalue weighted by Gasteiger charge is -2.21. The van der Waals surface area contributed by atoms with Crippen molar-refractivity contribution in [3.05, 3.63) is 83.4 Å². The molecule has 2 N–H and O–H groups in total. The number of anilines is 1. The van der Waals surface area contributed by atoms with E-state index in [-0.39, 0.29) is 11.7 Å². The summed E-state index contributed by atoms with van der Waals surface area (Å²) in [6, 6.07) is 14.7. The van der Waals surface area contributed by atoms with Gasteiger partial charge in [-0.1, -0.05) is 0 Å². The first kappa shape index (κ1) is 19.3. The second kappa shape index (κ2) is 7.87. The minimum absolute atomic E-state index is 0.0167. The Kier molecular flexibility index (Phi) is 4.90. The molecule has 3 heterocycles. The smallest absolute Gasteiger partial charge is 0.198 e. The lowest BCUT2D eigenvalue weighted by atomic mass is 10.00. The highest BCUT2D eigenvalue weighted by molar-refractivity contribution is 6.02. The zero-order chi connectivity index (χ0) is 21.4. The molecule has 1 fully saturated rings. The van der Waals surface area contributed by atoms with Crippen LogP contribution in [-0.2, 0) is 0 Å². The number of hydrogen-bond donors (Lipinski definition) is 2. The van der Waals surface area contributed by atoms with Crippen molar-refractivity contribution >= 4 is 28.5 Å². The number of nitrogens with zero attached hydrogens (tertiary/aromatic N) is 3. The first-order chi connectivity index (χ1) is 15.1. The van der Waals surface area contributed by atoms with Crippen molar-refractivity contribution in [2.45, 2.75) is 19.3 Å². The number of pyridine rings is 1. The van der Waals surface area contributed by atoms with Gasteiger partial charge in [-0.05, 0) is 73.0 Å². The molecule has 5 rings (SSSR count). The van der Waals surface area contributed by atoms with Gasteiger partial charge in [-0.2, -0.15) is 0 Å². The van der Waals surface area contributed by atoms with Crippen LogP contribution in [-0.4, -0.2) is 34.4 Å². The van der Waals surface area contributed by atoms with Crippen molar-refractivity contribution in [2.24, 2.45) is 4.99 Å². The maximum absolute atomic E-state index is 13.6.